The molecule has 0 aromatic heterocycles. The number of carbonyl (C=O) groups excluding carboxylic acids is 1. The fourth-order valence-corrected chi connectivity index (χ4v) is 1.56. The first-order valence-corrected chi connectivity index (χ1v) is 5.40. The van der Waals surface area contributed by atoms with E-state index >= 15 is 0 Å². The minimum Gasteiger partial charge on any atom is -0.487 e. The summed E-state index contributed by atoms with van der Waals surface area (Å²) in [4.78, 5) is 10.7. The fourth-order valence-electron chi connectivity index (χ4n) is 1.56. The Bertz CT molecular complexity index is 491. The molecule has 1 heterocycles. The number of benzene rings is 1. The van der Waals surface area contributed by atoms with Gasteiger partial charge in [-0.2, -0.15) is 13.2 Å². The third-order valence-electron chi connectivity index (χ3n) is 2.51. The molecule has 0 radical (unpaired) electrons. The molecule has 1 aliphatic heterocycles. The van der Waals surface area contributed by atoms with E-state index < -0.39 is 23.9 Å². The summed E-state index contributed by atoms with van der Waals surface area (Å²) in [5.41, 5.74) is 4.52. The van der Waals surface area contributed by atoms with Gasteiger partial charge in [-0.05, 0) is 18.2 Å². The zero-order chi connectivity index (χ0) is 14.0. The highest BCUT2D eigenvalue weighted by molar-refractivity contribution is 5.69. The van der Waals surface area contributed by atoms with Crippen molar-refractivity contribution in [1.29, 1.82) is 0 Å². The molecule has 19 heavy (non-hydrogen) atoms. The Hall–Kier alpha value is -2.12. The number of alkyl carbamates (subject to hydrolysis) is 1. The average molecular weight is 276 g/mol. The number of carbonyl (C=O) groups is 1. The third kappa shape index (κ3) is 3.21. The van der Waals surface area contributed by atoms with E-state index in [0.717, 1.165) is 18.2 Å². The number of cyclic esters (lactones) is 1. The number of hydrogen-bond donors (Lipinski definition) is 2. The van der Waals surface area contributed by atoms with Crippen molar-refractivity contribution in [1.82, 2.24) is 5.32 Å². The summed E-state index contributed by atoms with van der Waals surface area (Å²) in [5, 5.41) is 2.43. The standard InChI is InChI=1S/C11H11F3N2O3/c12-11(13,14)6-1-2-9(8(15)3-6)18-5-7-4-16-10(17)19-7/h1-3,7H,4-5,15H2,(H,16,17). The van der Waals surface area contributed by atoms with E-state index in [0.29, 0.717) is 6.54 Å². The summed E-state index contributed by atoms with van der Waals surface area (Å²) in [6, 6.07) is 2.82. The molecule has 3 N–H and O–H groups in total. The topological polar surface area (TPSA) is 73.6 Å². The van der Waals surface area contributed by atoms with Gasteiger partial charge in [-0.3, -0.25) is 0 Å². The number of alkyl halides is 3. The van der Waals surface area contributed by atoms with Crippen molar-refractivity contribution >= 4 is 11.8 Å². The summed E-state index contributed by atoms with van der Waals surface area (Å²) >= 11 is 0. The molecular weight excluding hydrogens is 265 g/mol. The van der Waals surface area contributed by atoms with Crippen LogP contribution in [-0.2, 0) is 10.9 Å². The van der Waals surface area contributed by atoms with E-state index in [4.69, 9.17) is 15.2 Å². The zero-order valence-electron chi connectivity index (χ0n) is 9.66. The monoisotopic (exact) mass is 276 g/mol. The minimum atomic E-state index is -4.45. The van der Waals surface area contributed by atoms with Crippen LogP contribution in [0.1, 0.15) is 5.56 Å². The second kappa shape index (κ2) is 4.87. The maximum absolute atomic E-state index is 12.4. The van der Waals surface area contributed by atoms with Crippen molar-refractivity contribution in [2.75, 3.05) is 18.9 Å². The van der Waals surface area contributed by atoms with Crippen LogP contribution in [0.2, 0.25) is 0 Å². The van der Waals surface area contributed by atoms with Gasteiger partial charge in [-0.15, -0.1) is 0 Å². The minimum absolute atomic E-state index is 0.0221. The first kappa shape index (κ1) is 13.3. The predicted octanol–water partition coefficient (Wildman–Crippen LogP) is 1.77. The van der Waals surface area contributed by atoms with E-state index in [1.165, 1.54) is 0 Å². The highest BCUT2D eigenvalue weighted by Gasteiger charge is 2.31. The molecule has 0 spiro atoms. The fraction of sp³-hybridized carbons (Fsp3) is 0.364. The van der Waals surface area contributed by atoms with Gasteiger partial charge in [0.1, 0.15) is 12.4 Å². The number of amides is 1. The molecule has 1 saturated heterocycles. The highest BCUT2D eigenvalue weighted by Crippen LogP contribution is 2.33. The lowest BCUT2D eigenvalue weighted by Crippen LogP contribution is -2.22. The molecule has 1 aliphatic rings. The molecule has 1 unspecified atom stereocenters. The van der Waals surface area contributed by atoms with Gasteiger partial charge >= 0.3 is 12.3 Å². The lowest BCUT2D eigenvalue weighted by atomic mass is 10.2. The molecule has 0 aliphatic carbocycles. The molecule has 1 aromatic rings. The number of ether oxygens (including phenoxy) is 2. The molecule has 104 valence electrons. The van der Waals surface area contributed by atoms with Crippen LogP contribution in [0.15, 0.2) is 18.2 Å². The smallest absolute Gasteiger partial charge is 0.416 e. The molecule has 0 saturated carbocycles. The molecule has 2 rings (SSSR count). The van der Waals surface area contributed by atoms with E-state index in [-0.39, 0.29) is 18.0 Å². The number of anilines is 1. The van der Waals surface area contributed by atoms with Crippen LogP contribution >= 0.6 is 0 Å². The van der Waals surface area contributed by atoms with Crippen molar-refractivity contribution in [3.8, 4) is 5.75 Å². The van der Waals surface area contributed by atoms with Crippen LogP contribution in [0, 0.1) is 0 Å². The van der Waals surface area contributed by atoms with E-state index in [9.17, 15) is 18.0 Å². The van der Waals surface area contributed by atoms with Crippen LogP contribution in [0.3, 0.4) is 0 Å². The average Bonchev–Trinajstić information content (AvgIpc) is 2.72. The molecule has 1 aromatic carbocycles. The van der Waals surface area contributed by atoms with E-state index in [2.05, 4.69) is 5.32 Å². The van der Waals surface area contributed by atoms with Crippen LogP contribution in [0.4, 0.5) is 23.7 Å². The predicted molar refractivity (Wildman–Crippen MR) is 59.6 cm³/mol. The van der Waals surface area contributed by atoms with Crippen LogP contribution < -0.4 is 15.8 Å². The molecule has 1 fully saturated rings. The van der Waals surface area contributed by atoms with Gasteiger partial charge in [0.2, 0.25) is 0 Å². The van der Waals surface area contributed by atoms with Crippen molar-refractivity contribution in [3.63, 3.8) is 0 Å². The van der Waals surface area contributed by atoms with E-state index in [1.807, 2.05) is 0 Å². The summed E-state index contributed by atoms with van der Waals surface area (Å²) in [5.74, 6) is 0.121. The number of nitrogen functional groups attached to an aromatic ring is 1. The number of hydrogen-bond acceptors (Lipinski definition) is 4. The lowest BCUT2D eigenvalue weighted by molar-refractivity contribution is -0.137. The Morgan fingerprint density at radius 2 is 2.21 bits per heavy atom. The lowest BCUT2D eigenvalue weighted by Gasteiger charge is -2.13. The Kier molecular flexibility index (Phi) is 3.41. The van der Waals surface area contributed by atoms with Gasteiger partial charge in [0.05, 0.1) is 17.8 Å². The first-order chi connectivity index (χ1) is 8.86. The quantitative estimate of drug-likeness (QED) is 0.825. The second-order valence-corrected chi connectivity index (χ2v) is 3.97. The Labute approximate surface area is 106 Å². The van der Waals surface area contributed by atoms with Crippen molar-refractivity contribution in [3.05, 3.63) is 23.8 Å². The van der Waals surface area contributed by atoms with Gasteiger partial charge < -0.3 is 20.5 Å². The van der Waals surface area contributed by atoms with Crippen LogP contribution in [0.5, 0.6) is 5.75 Å². The molecule has 5 nitrogen and oxygen atoms in total. The maximum Gasteiger partial charge on any atom is 0.416 e. The maximum atomic E-state index is 12.4. The van der Waals surface area contributed by atoms with Gasteiger partial charge in [0.25, 0.3) is 0 Å². The van der Waals surface area contributed by atoms with Crippen molar-refractivity contribution < 1.29 is 27.4 Å². The molecular formula is C11H11F3N2O3. The largest absolute Gasteiger partial charge is 0.487 e. The number of halogens is 3. The molecule has 1 atom stereocenters. The number of rotatable bonds is 3. The number of nitrogens with two attached hydrogens (primary N) is 1. The summed E-state index contributed by atoms with van der Waals surface area (Å²) in [6.45, 7) is 0.313. The summed E-state index contributed by atoms with van der Waals surface area (Å²) in [7, 11) is 0. The third-order valence-corrected chi connectivity index (χ3v) is 2.51. The second-order valence-electron chi connectivity index (χ2n) is 3.97. The molecule has 0 bridgehead atoms. The Morgan fingerprint density at radius 3 is 2.74 bits per heavy atom. The first-order valence-electron chi connectivity index (χ1n) is 5.40. The van der Waals surface area contributed by atoms with Crippen LogP contribution in [0.25, 0.3) is 0 Å². The highest BCUT2D eigenvalue weighted by atomic mass is 19.4. The molecule has 1 amide bonds. The van der Waals surface area contributed by atoms with Crippen molar-refractivity contribution in [2.24, 2.45) is 0 Å². The van der Waals surface area contributed by atoms with E-state index in [1.54, 1.807) is 0 Å². The Balaban J connectivity index is 1.99. The number of nitrogens with one attached hydrogen (secondary N) is 1. The molecule has 8 heteroatoms. The van der Waals surface area contributed by atoms with Gasteiger partial charge in [-0.25, -0.2) is 4.79 Å². The summed E-state index contributed by atoms with van der Waals surface area (Å²) < 4.78 is 47.3. The normalized spacial score (nSPS) is 18.9. The zero-order valence-corrected chi connectivity index (χ0v) is 9.66. The van der Waals surface area contributed by atoms with Gasteiger partial charge in [-0.1, -0.05) is 0 Å². The van der Waals surface area contributed by atoms with Crippen LogP contribution in [-0.4, -0.2) is 25.3 Å². The van der Waals surface area contributed by atoms with Crippen molar-refractivity contribution in [2.45, 2.75) is 12.3 Å². The van der Waals surface area contributed by atoms with Gasteiger partial charge in [0.15, 0.2) is 6.10 Å². The summed E-state index contributed by atoms with van der Waals surface area (Å²) in [6.07, 6.45) is -5.47. The SMILES string of the molecule is Nc1cc(C(F)(F)F)ccc1OCC1CNC(=O)O1. The van der Waals surface area contributed by atoms with Gasteiger partial charge in [0, 0.05) is 0 Å². The Morgan fingerprint density at radius 1 is 1.47 bits per heavy atom.